The largest absolute Gasteiger partial charge is 0.380 e. The van der Waals surface area contributed by atoms with Crippen LogP contribution in [-0.4, -0.2) is 15.1 Å². The van der Waals surface area contributed by atoms with E-state index >= 15 is 0 Å². The summed E-state index contributed by atoms with van der Waals surface area (Å²) in [7, 11) is 0. The van der Waals surface area contributed by atoms with Gasteiger partial charge in [0.1, 0.15) is 11.9 Å². The van der Waals surface area contributed by atoms with Crippen LogP contribution in [0.2, 0.25) is 0 Å². The van der Waals surface area contributed by atoms with Gasteiger partial charge in [-0.15, -0.1) is 0 Å². The molecule has 0 unspecified atom stereocenters. The van der Waals surface area contributed by atoms with E-state index in [2.05, 4.69) is 9.97 Å². The number of aliphatic hydroxyl groups is 1. The zero-order valence-corrected chi connectivity index (χ0v) is 10.1. The van der Waals surface area contributed by atoms with Gasteiger partial charge >= 0.3 is 0 Å². The number of aryl methyl sites for hydroxylation is 1. The Hall–Kier alpha value is -2.13. The summed E-state index contributed by atoms with van der Waals surface area (Å²) >= 11 is 0. The molecule has 0 aliphatic heterocycles. The van der Waals surface area contributed by atoms with E-state index in [9.17, 15) is 5.11 Å². The van der Waals surface area contributed by atoms with Crippen LogP contribution in [0, 0.1) is 6.92 Å². The van der Waals surface area contributed by atoms with Gasteiger partial charge in [-0.3, -0.25) is 0 Å². The first-order chi connectivity index (χ1) is 8.74. The Kier molecular flexibility index (Phi) is 2.61. The fraction of sp³-hybridized carbons (Fsp3) is 0.133. The van der Waals surface area contributed by atoms with Crippen molar-refractivity contribution >= 4 is 11.0 Å². The summed E-state index contributed by atoms with van der Waals surface area (Å²) in [4.78, 5) is 7.55. The van der Waals surface area contributed by atoms with Gasteiger partial charge in [0.05, 0.1) is 11.0 Å². The van der Waals surface area contributed by atoms with Gasteiger partial charge in [-0.2, -0.15) is 0 Å². The second-order valence-electron chi connectivity index (χ2n) is 4.45. The number of H-pyrrole nitrogens is 1. The van der Waals surface area contributed by atoms with Crippen molar-refractivity contribution in [2.75, 3.05) is 0 Å². The van der Waals surface area contributed by atoms with Crippen LogP contribution in [-0.2, 0) is 0 Å². The summed E-state index contributed by atoms with van der Waals surface area (Å²) in [5, 5.41) is 10.3. The molecule has 0 aliphatic carbocycles. The number of para-hydroxylation sites is 2. The number of aliphatic hydroxyl groups excluding tert-OH is 1. The molecule has 0 bridgehead atoms. The van der Waals surface area contributed by atoms with E-state index in [1.807, 2.05) is 55.5 Å². The Labute approximate surface area is 105 Å². The molecule has 1 heterocycles. The maximum absolute atomic E-state index is 10.3. The average molecular weight is 238 g/mol. The summed E-state index contributed by atoms with van der Waals surface area (Å²) in [6.07, 6.45) is -0.710. The molecule has 0 fully saturated rings. The maximum atomic E-state index is 10.3. The van der Waals surface area contributed by atoms with E-state index in [0.717, 1.165) is 16.6 Å². The van der Waals surface area contributed by atoms with Gasteiger partial charge in [0, 0.05) is 0 Å². The SMILES string of the molecule is Cc1ccc([C@H](O)c2nc3ccccc3[nH]2)cc1. The number of hydrogen-bond donors (Lipinski definition) is 2. The van der Waals surface area contributed by atoms with Crippen molar-refractivity contribution in [3.8, 4) is 0 Å². The van der Waals surface area contributed by atoms with Gasteiger partial charge < -0.3 is 10.1 Å². The zero-order chi connectivity index (χ0) is 12.5. The van der Waals surface area contributed by atoms with Gasteiger partial charge in [-0.05, 0) is 24.6 Å². The third-order valence-corrected chi connectivity index (χ3v) is 3.06. The number of fused-ring (bicyclic) bond motifs is 1. The summed E-state index contributed by atoms with van der Waals surface area (Å²) in [5.41, 5.74) is 3.84. The fourth-order valence-electron chi connectivity index (χ4n) is 2.01. The van der Waals surface area contributed by atoms with Gasteiger partial charge in [0.2, 0.25) is 0 Å². The minimum Gasteiger partial charge on any atom is -0.380 e. The number of rotatable bonds is 2. The molecule has 0 amide bonds. The standard InChI is InChI=1S/C15H14N2O/c1-10-6-8-11(9-7-10)14(18)15-16-12-4-2-3-5-13(12)17-15/h2-9,14,18H,1H3,(H,16,17)/t14-/m0/s1. The highest BCUT2D eigenvalue weighted by Gasteiger charge is 2.14. The topological polar surface area (TPSA) is 48.9 Å². The maximum Gasteiger partial charge on any atom is 0.140 e. The molecule has 3 nitrogen and oxygen atoms in total. The lowest BCUT2D eigenvalue weighted by Crippen LogP contribution is -2.01. The van der Waals surface area contributed by atoms with Crippen LogP contribution in [0.3, 0.4) is 0 Å². The van der Waals surface area contributed by atoms with Crippen LogP contribution in [0.4, 0.5) is 0 Å². The summed E-state index contributed by atoms with van der Waals surface area (Å²) in [6, 6.07) is 15.6. The Morgan fingerprint density at radius 1 is 1.06 bits per heavy atom. The number of nitrogens with zero attached hydrogens (tertiary/aromatic N) is 1. The van der Waals surface area contributed by atoms with Gasteiger partial charge in [-0.1, -0.05) is 42.0 Å². The lowest BCUT2D eigenvalue weighted by Gasteiger charge is -2.07. The molecule has 2 N–H and O–H groups in total. The van der Waals surface area contributed by atoms with Crippen molar-refractivity contribution < 1.29 is 5.11 Å². The number of benzene rings is 2. The van der Waals surface area contributed by atoms with Crippen molar-refractivity contribution in [2.24, 2.45) is 0 Å². The van der Waals surface area contributed by atoms with Gasteiger partial charge in [0.25, 0.3) is 0 Å². The van der Waals surface area contributed by atoms with Crippen LogP contribution < -0.4 is 0 Å². The molecule has 0 radical (unpaired) electrons. The number of hydrogen-bond acceptors (Lipinski definition) is 2. The number of nitrogens with one attached hydrogen (secondary N) is 1. The van der Waals surface area contributed by atoms with E-state index in [1.165, 1.54) is 5.56 Å². The van der Waals surface area contributed by atoms with E-state index in [1.54, 1.807) is 0 Å². The average Bonchev–Trinajstić information content (AvgIpc) is 2.82. The quantitative estimate of drug-likeness (QED) is 0.721. The number of aromatic nitrogens is 2. The van der Waals surface area contributed by atoms with Crippen molar-refractivity contribution in [1.82, 2.24) is 9.97 Å². The van der Waals surface area contributed by atoms with Crippen molar-refractivity contribution in [2.45, 2.75) is 13.0 Å². The summed E-state index contributed by atoms with van der Waals surface area (Å²) in [6.45, 7) is 2.03. The minimum absolute atomic E-state index is 0.583. The lowest BCUT2D eigenvalue weighted by molar-refractivity contribution is 0.211. The minimum atomic E-state index is -0.710. The first-order valence-electron chi connectivity index (χ1n) is 5.93. The van der Waals surface area contributed by atoms with Gasteiger partial charge in [-0.25, -0.2) is 4.98 Å². The summed E-state index contributed by atoms with van der Waals surface area (Å²) < 4.78 is 0. The highest BCUT2D eigenvalue weighted by atomic mass is 16.3. The highest BCUT2D eigenvalue weighted by Crippen LogP contribution is 2.22. The van der Waals surface area contributed by atoms with E-state index in [0.29, 0.717) is 5.82 Å². The molecule has 2 aromatic carbocycles. The van der Waals surface area contributed by atoms with E-state index in [4.69, 9.17) is 0 Å². The third kappa shape index (κ3) is 1.89. The molecule has 3 aromatic rings. The van der Waals surface area contributed by atoms with E-state index < -0.39 is 6.10 Å². The van der Waals surface area contributed by atoms with Crippen LogP contribution in [0.25, 0.3) is 11.0 Å². The normalized spacial score (nSPS) is 12.8. The molecular weight excluding hydrogens is 224 g/mol. The van der Waals surface area contributed by atoms with Crippen molar-refractivity contribution in [1.29, 1.82) is 0 Å². The van der Waals surface area contributed by atoms with Crippen LogP contribution in [0.5, 0.6) is 0 Å². The molecular formula is C15H14N2O. The van der Waals surface area contributed by atoms with Crippen molar-refractivity contribution in [3.05, 3.63) is 65.5 Å². The van der Waals surface area contributed by atoms with Crippen molar-refractivity contribution in [3.63, 3.8) is 0 Å². The van der Waals surface area contributed by atoms with Crippen LogP contribution in [0.1, 0.15) is 23.1 Å². The Bertz CT molecular complexity index is 637. The Balaban J connectivity index is 2.00. The monoisotopic (exact) mass is 238 g/mol. The first-order valence-corrected chi connectivity index (χ1v) is 5.93. The second kappa shape index (κ2) is 4.27. The first kappa shape index (κ1) is 11.0. The highest BCUT2D eigenvalue weighted by molar-refractivity contribution is 5.74. The second-order valence-corrected chi connectivity index (χ2v) is 4.45. The molecule has 1 aromatic heterocycles. The van der Waals surface area contributed by atoms with E-state index in [-0.39, 0.29) is 0 Å². The molecule has 3 rings (SSSR count). The van der Waals surface area contributed by atoms with Crippen LogP contribution >= 0.6 is 0 Å². The smallest absolute Gasteiger partial charge is 0.140 e. The zero-order valence-electron chi connectivity index (χ0n) is 10.1. The predicted octanol–water partition coefficient (Wildman–Crippen LogP) is 2.95. The molecule has 0 saturated carbocycles. The summed E-state index contributed by atoms with van der Waals surface area (Å²) in [5.74, 6) is 0.583. The predicted molar refractivity (Wildman–Crippen MR) is 71.3 cm³/mol. The fourth-order valence-corrected chi connectivity index (χ4v) is 2.01. The molecule has 0 saturated heterocycles. The van der Waals surface area contributed by atoms with Gasteiger partial charge in [0.15, 0.2) is 0 Å². The molecule has 0 aliphatic rings. The Morgan fingerprint density at radius 3 is 2.50 bits per heavy atom. The molecule has 90 valence electrons. The molecule has 0 spiro atoms. The molecule has 18 heavy (non-hydrogen) atoms. The lowest BCUT2D eigenvalue weighted by atomic mass is 10.1. The number of imidazole rings is 1. The third-order valence-electron chi connectivity index (χ3n) is 3.06. The molecule has 3 heteroatoms. The van der Waals surface area contributed by atoms with Crippen LogP contribution in [0.15, 0.2) is 48.5 Å². The number of aromatic amines is 1. The molecule has 1 atom stereocenters. The Morgan fingerprint density at radius 2 is 1.78 bits per heavy atom.